The van der Waals surface area contributed by atoms with E-state index in [9.17, 15) is 13.2 Å². The van der Waals surface area contributed by atoms with Gasteiger partial charge in [0.15, 0.2) is 0 Å². The van der Waals surface area contributed by atoms with Gasteiger partial charge >= 0.3 is 0 Å². The van der Waals surface area contributed by atoms with Crippen molar-refractivity contribution >= 4 is 27.4 Å². The lowest BCUT2D eigenvalue weighted by Crippen LogP contribution is -2.15. The standard InChI is InChI=1S/C20H19N3O4S/c1-14-11-12-21-19(13-14)22-20(24)15-7-9-16(10-8-15)28(25,26)23-17-5-3-4-6-18(17)27-2/h3-13,23H,1-2H3,(H,21,22,24). The van der Waals surface area contributed by atoms with Gasteiger partial charge in [-0.05, 0) is 61.0 Å². The molecule has 144 valence electrons. The average molecular weight is 397 g/mol. The zero-order chi connectivity index (χ0) is 20.1. The van der Waals surface area contributed by atoms with E-state index in [2.05, 4.69) is 15.0 Å². The van der Waals surface area contributed by atoms with Crippen LogP contribution in [-0.4, -0.2) is 26.4 Å². The molecule has 0 aliphatic carbocycles. The van der Waals surface area contributed by atoms with Crippen molar-refractivity contribution in [3.8, 4) is 5.75 Å². The first-order chi connectivity index (χ1) is 13.4. The third-order valence-corrected chi connectivity index (χ3v) is 5.32. The lowest BCUT2D eigenvalue weighted by atomic mass is 10.2. The molecule has 0 spiro atoms. The average Bonchev–Trinajstić information content (AvgIpc) is 2.68. The van der Waals surface area contributed by atoms with Crippen LogP contribution in [0.2, 0.25) is 0 Å². The molecule has 28 heavy (non-hydrogen) atoms. The van der Waals surface area contributed by atoms with E-state index in [-0.39, 0.29) is 10.8 Å². The molecule has 0 fully saturated rings. The number of hydrogen-bond donors (Lipinski definition) is 2. The topological polar surface area (TPSA) is 97.4 Å². The summed E-state index contributed by atoms with van der Waals surface area (Å²) in [5.41, 5.74) is 1.62. The molecule has 0 aliphatic heterocycles. The summed E-state index contributed by atoms with van der Waals surface area (Å²) >= 11 is 0. The van der Waals surface area contributed by atoms with Crippen molar-refractivity contribution < 1.29 is 17.9 Å². The van der Waals surface area contributed by atoms with E-state index in [1.807, 2.05) is 13.0 Å². The maximum Gasteiger partial charge on any atom is 0.262 e. The number of rotatable bonds is 6. The number of anilines is 2. The molecule has 0 bridgehead atoms. The highest BCUT2D eigenvalue weighted by atomic mass is 32.2. The highest BCUT2D eigenvalue weighted by Gasteiger charge is 2.17. The Balaban J connectivity index is 1.76. The van der Waals surface area contributed by atoms with Gasteiger partial charge in [0.2, 0.25) is 0 Å². The number of sulfonamides is 1. The minimum absolute atomic E-state index is 0.0311. The van der Waals surface area contributed by atoms with E-state index >= 15 is 0 Å². The van der Waals surface area contributed by atoms with Gasteiger partial charge in [-0.1, -0.05) is 12.1 Å². The Kier molecular flexibility index (Phi) is 5.60. The van der Waals surface area contributed by atoms with E-state index < -0.39 is 10.0 Å². The van der Waals surface area contributed by atoms with Crippen molar-refractivity contribution in [3.05, 3.63) is 78.0 Å². The van der Waals surface area contributed by atoms with Crippen molar-refractivity contribution in [3.63, 3.8) is 0 Å². The number of carbonyl (C=O) groups is 1. The van der Waals surface area contributed by atoms with E-state index in [0.717, 1.165) is 5.56 Å². The van der Waals surface area contributed by atoms with Crippen molar-refractivity contribution in [2.24, 2.45) is 0 Å². The van der Waals surface area contributed by atoms with Crippen molar-refractivity contribution in [1.82, 2.24) is 4.98 Å². The lowest BCUT2D eigenvalue weighted by Gasteiger charge is -2.12. The second kappa shape index (κ2) is 8.10. The van der Waals surface area contributed by atoms with Crippen LogP contribution >= 0.6 is 0 Å². The lowest BCUT2D eigenvalue weighted by molar-refractivity contribution is 0.102. The Hall–Kier alpha value is -3.39. The number of aryl methyl sites for hydroxylation is 1. The number of benzene rings is 2. The summed E-state index contributed by atoms with van der Waals surface area (Å²) in [5, 5.41) is 2.68. The number of methoxy groups -OCH3 is 1. The third-order valence-electron chi connectivity index (χ3n) is 3.94. The van der Waals surface area contributed by atoms with Gasteiger partial charge in [-0.3, -0.25) is 9.52 Å². The van der Waals surface area contributed by atoms with Crippen LogP contribution in [0.25, 0.3) is 0 Å². The molecule has 1 amide bonds. The summed E-state index contributed by atoms with van der Waals surface area (Å²) in [6.07, 6.45) is 1.60. The van der Waals surface area contributed by atoms with Crippen molar-refractivity contribution in [2.75, 3.05) is 17.1 Å². The number of pyridine rings is 1. The van der Waals surface area contributed by atoms with E-state index in [4.69, 9.17) is 4.74 Å². The Bertz CT molecular complexity index is 1100. The first-order valence-electron chi connectivity index (χ1n) is 8.39. The Morgan fingerprint density at radius 1 is 1.04 bits per heavy atom. The third kappa shape index (κ3) is 4.47. The molecule has 0 saturated heterocycles. The van der Waals surface area contributed by atoms with Gasteiger partial charge in [-0.15, -0.1) is 0 Å². The molecular weight excluding hydrogens is 378 g/mol. The molecule has 8 heteroatoms. The largest absolute Gasteiger partial charge is 0.495 e. The summed E-state index contributed by atoms with van der Waals surface area (Å²) < 4.78 is 32.8. The van der Waals surface area contributed by atoms with Crippen LogP contribution in [0.1, 0.15) is 15.9 Å². The van der Waals surface area contributed by atoms with Crippen molar-refractivity contribution in [1.29, 1.82) is 0 Å². The normalized spacial score (nSPS) is 10.9. The second-order valence-electron chi connectivity index (χ2n) is 6.00. The maximum atomic E-state index is 12.6. The molecule has 7 nitrogen and oxygen atoms in total. The molecule has 0 unspecified atom stereocenters. The molecule has 2 N–H and O–H groups in total. The molecule has 0 atom stereocenters. The van der Waals surface area contributed by atoms with Gasteiger partial charge < -0.3 is 10.1 Å². The molecule has 3 aromatic rings. The zero-order valence-corrected chi connectivity index (χ0v) is 16.2. The van der Waals surface area contributed by atoms with Gasteiger partial charge in [0.25, 0.3) is 15.9 Å². The number of ether oxygens (including phenoxy) is 1. The van der Waals surface area contributed by atoms with E-state index in [1.165, 1.54) is 31.4 Å². The molecule has 0 aliphatic rings. The monoisotopic (exact) mass is 397 g/mol. The van der Waals surface area contributed by atoms with Gasteiger partial charge in [0, 0.05) is 11.8 Å². The minimum Gasteiger partial charge on any atom is -0.495 e. The number of hydrogen-bond acceptors (Lipinski definition) is 5. The summed E-state index contributed by atoms with van der Waals surface area (Å²) in [4.78, 5) is 16.4. The van der Waals surface area contributed by atoms with E-state index in [0.29, 0.717) is 22.8 Å². The fourth-order valence-corrected chi connectivity index (χ4v) is 3.58. The molecule has 0 radical (unpaired) electrons. The number of amides is 1. The maximum absolute atomic E-state index is 12.6. The second-order valence-corrected chi connectivity index (χ2v) is 7.69. The van der Waals surface area contributed by atoms with Gasteiger partial charge in [0.1, 0.15) is 11.6 Å². The van der Waals surface area contributed by atoms with Crippen molar-refractivity contribution in [2.45, 2.75) is 11.8 Å². The first-order valence-corrected chi connectivity index (χ1v) is 9.87. The van der Waals surface area contributed by atoms with Crippen LogP contribution in [0.15, 0.2) is 71.8 Å². The van der Waals surface area contributed by atoms with Gasteiger partial charge in [-0.2, -0.15) is 0 Å². The molecule has 1 aromatic heterocycles. The quantitative estimate of drug-likeness (QED) is 0.664. The molecular formula is C20H19N3O4S. The number of para-hydroxylation sites is 2. The fraction of sp³-hybridized carbons (Fsp3) is 0.100. The summed E-state index contributed by atoms with van der Waals surface area (Å²) in [7, 11) is -2.37. The summed E-state index contributed by atoms with van der Waals surface area (Å²) in [6, 6.07) is 15.9. The smallest absolute Gasteiger partial charge is 0.262 e. The Morgan fingerprint density at radius 2 is 1.75 bits per heavy atom. The van der Waals surface area contributed by atoms with E-state index in [1.54, 1.807) is 36.5 Å². The SMILES string of the molecule is COc1ccccc1NS(=O)(=O)c1ccc(C(=O)Nc2cc(C)ccn2)cc1. The number of nitrogens with zero attached hydrogens (tertiary/aromatic N) is 1. The highest BCUT2D eigenvalue weighted by Crippen LogP contribution is 2.26. The van der Waals surface area contributed by atoms with Crippen LogP contribution in [0.3, 0.4) is 0 Å². The predicted octanol–water partition coefficient (Wildman–Crippen LogP) is 3.45. The van der Waals surface area contributed by atoms with Gasteiger partial charge in [0.05, 0.1) is 17.7 Å². The van der Waals surface area contributed by atoms with Crippen LogP contribution in [0.4, 0.5) is 11.5 Å². The molecule has 0 saturated carbocycles. The van der Waals surface area contributed by atoms with Crippen LogP contribution in [0, 0.1) is 6.92 Å². The Morgan fingerprint density at radius 3 is 2.43 bits per heavy atom. The van der Waals surface area contributed by atoms with Gasteiger partial charge in [-0.25, -0.2) is 13.4 Å². The molecule has 1 heterocycles. The summed E-state index contributed by atoms with van der Waals surface area (Å²) in [5.74, 6) is 0.465. The number of nitrogens with one attached hydrogen (secondary N) is 2. The zero-order valence-electron chi connectivity index (χ0n) is 15.3. The minimum atomic E-state index is -3.83. The highest BCUT2D eigenvalue weighted by molar-refractivity contribution is 7.92. The predicted molar refractivity (Wildman–Crippen MR) is 107 cm³/mol. The molecule has 2 aromatic carbocycles. The number of carbonyl (C=O) groups excluding carboxylic acids is 1. The Labute approximate surface area is 163 Å². The summed E-state index contributed by atoms with van der Waals surface area (Å²) in [6.45, 7) is 1.89. The molecule has 3 rings (SSSR count). The van der Waals surface area contributed by atoms with Crippen LogP contribution < -0.4 is 14.8 Å². The van der Waals surface area contributed by atoms with Crippen LogP contribution in [0.5, 0.6) is 5.75 Å². The first kappa shape index (κ1) is 19.4. The number of aromatic nitrogens is 1. The fourth-order valence-electron chi connectivity index (χ4n) is 2.51. The van der Waals surface area contributed by atoms with Crippen LogP contribution in [-0.2, 0) is 10.0 Å².